The fourth-order valence-electron chi connectivity index (χ4n) is 1.70. The van der Waals surface area contributed by atoms with Gasteiger partial charge in [0, 0.05) is 14.8 Å². The van der Waals surface area contributed by atoms with Crippen LogP contribution in [0.15, 0.2) is 28.7 Å². The SMILES string of the molecule is CC(C)(C=O)C(C[N+](=O)[O-])c1ccc(Br)cc1. The fourth-order valence-corrected chi connectivity index (χ4v) is 1.96. The zero-order valence-corrected chi connectivity index (χ0v) is 11.3. The Morgan fingerprint density at radius 3 is 2.35 bits per heavy atom. The summed E-state index contributed by atoms with van der Waals surface area (Å²) in [5.41, 5.74) is 0.0583. The van der Waals surface area contributed by atoms with Crippen LogP contribution in [-0.4, -0.2) is 17.8 Å². The van der Waals surface area contributed by atoms with Crippen LogP contribution in [-0.2, 0) is 4.79 Å². The Bertz CT molecular complexity index is 414. The first kappa shape index (κ1) is 13.8. The molecule has 0 aliphatic carbocycles. The van der Waals surface area contributed by atoms with Gasteiger partial charge < -0.3 is 4.79 Å². The average molecular weight is 300 g/mol. The Morgan fingerprint density at radius 1 is 1.41 bits per heavy atom. The van der Waals surface area contributed by atoms with E-state index in [1.807, 2.05) is 24.3 Å². The van der Waals surface area contributed by atoms with Crippen LogP contribution < -0.4 is 0 Å². The molecule has 17 heavy (non-hydrogen) atoms. The van der Waals surface area contributed by atoms with Crippen LogP contribution >= 0.6 is 15.9 Å². The van der Waals surface area contributed by atoms with Crippen molar-refractivity contribution in [1.29, 1.82) is 0 Å². The highest BCUT2D eigenvalue weighted by atomic mass is 79.9. The lowest BCUT2D eigenvalue weighted by Gasteiger charge is -2.26. The lowest BCUT2D eigenvalue weighted by Crippen LogP contribution is -2.29. The lowest BCUT2D eigenvalue weighted by atomic mass is 9.76. The molecule has 0 amide bonds. The predicted octanol–water partition coefficient (Wildman–Crippen LogP) is 3.03. The summed E-state index contributed by atoms with van der Waals surface area (Å²) in [6.45, 7) is 3.19. The van der Waals surface area contributed by atoms with E-state index in [1.54, 1.807) is 13.8 Å². The van der Waals surface area contributed by atoms with Crippen molar-refractivity contribution in [2.75, 3.05) is 6.54 Å². The van der Waals surface area contributed by atoms with Crippen LogP contribution in [0.3, 0.4) is 0 Å². The topological polar surface area (TPSA) is 60.2 Å². The fraction of sp³-hybridized carbons (Fsp3) is 0.417. The monoisotopic (exact) mass is 299 g/mol. The van der Waals surface area contributed by atoms with Gasteiger partial charge in [0.25, 0.3) is 0 Å². The minimum atomic E-state index is -0.749. The molecule has 0 spiro atoms. The van der Waals surface area contributed by atoms with Gasteiger partial charge in [-0.1, -0.05) is 41.9 Å². The Kier molecular flexibility index (Phi) is 4.40. The first-order chi connectivity index (χ1) is 7.86. The van der Waals surface area contributed by atoms with Gasteiger partial charge in [-0.2, -0.15) is 0 Å². The molecule has 1 aromatic carbocycles. The van der Waals surface area contributed by atoms with Gasteiger partial charge in [0.15, 0.2) is 0 Å². The number of carbonyl (C=O) groups is 1. The zero-order chi connectivity index (χ0) is 13.1. The van der Waals surface area contributed by atoms with Crippen molar-refractivity contribution in [2.24, 2.45) is 5.41 Å². The molecule has 92 valence electrons. The highest BCUT2D eigenvalue weighted by molar-refractivity contribution is 9.10. The van der Waals surface area contributed by atoms with Crippen LogP contribution in [0.25, 0.3) is 0 Å². The van der Waals surface area contributed by atoms with Crippen LogP contribution in [0.4, 0.5) is 0 Å². The van der Waals surface area contributed by atoms with E-state index in [4.69, 9.17) is 0 Å². The second-order valence-electron chi connectivity index (χ2n) is 4.56. The predicted molar refractivity (Wildman–Crippen MR) is 68.6 cm³/mol. The first-order valence-electron chi connectivity index (χ1n) is 5.20. The third-order valence-corrected chi connectivity index (χ3v) is 3.33. The molecular weight excluding hydrogens is 286 g/mol. The van der Waals surface area contributed by atoms with E-state index in [0.717, 1.165) is 16.3 Å². The number of nitrogens with zero attached hydrogens (tertiary/aromatic N) is 1. The maximum atomic E-state index is 11.1. The van der Waals surface area contributed by atoms with Crippen molar-refractivity contribution >= 4 is 22.2 Å². The maximum absolute atomic E-state index is 11.1. The Labute approximate surface area is 108 Å². The quantitative estimate of drug-likeness (QED) is 0.477. The number of hydrogen-bond acceptors (Lipinski definition) is 3. The summed E-state index contributed by atoms with van der Waals surface area (Å²) in [6, 6.07) is 7.26. The summed E-state index contributed by atoms with van der Waals surface area (Å²) in [7, 11) is 0. The van der Waals surface area contributed by atoms with E-state index < -0.39 is 11.3 Å². The van der Waals surface area contributed by atoms with Crippen molar-refractivity contribution in [3.8, 4) is 0 Å². The second-order valence-corrected chi connectivity index (χ2v) is 5.47. The molecule has 0 aliphatic rings. The van der Waals surface area contributed by atoms with Crippen molar-refractivity contribution < 1.29 is 9.72 Å². The molecule has 5 heteroatoms. The van der Waals surface area contributed by atoms with E-state index >= 15 is 0 Å². The summed E-state index contributed by atoms with van der Waals surface area (Å²) in [6.07, 6.45) is 0.781. The molecule has 1 rings (SSSR count). The van der Waals surface area contributed by atoms with E-state index in [-0.39, 0.29) is 11.5 Å². The summed E-state index contributed by atoms with van der Waals surface area (Å²) < 4.78 is 0.907. The van der Waals surface area contributed by atoms with Gasteiger partial charge in [-0.05, 0) is 17.7 Å². The molecular formula is C12H14BrNO3. The summed E-state index contributed by atoms with van der Waals surface area (Å²) >= 11 is 3.31. The molecule has 1 atom stereocenters. The Morgan fingerprint density at radius 2 is 1.94 bits per heavy atom. The lowest BCUT2D eigenvalue weighted by molar-refractivity contribution is -0.485. The van der Waals surface area contributed by atoms with Crippen molar-refractivity contribution in [3.05, 3.63) is 44.4 Å². The highest BCUT2D eigenvalue weighted by Gasteiger charge is 2.34. The van der Waals surface area contributed by atoms with Gasteiger partial charge in [-0.25, -0.2) is 0 Å². The molecule has 1 aromatic rings. The number of nitro groups is 1. The van der Waals surface area contributed by atoms with E-state index in [0.29, 0.717) is 0 Å². The van der Waals surface area contributed by atoms with E-state index in [2.05, 4.69) is 15.9 Å². The largest absolute Gasteiger partial charge is 0.303 e. The highest BCUT2D eigenvalue weighted by Crippen LogP contribution is 2.34. The van der Waals surface area contributed by atoms with Crippen LogP contribution in [0, 0.1) is 15.5 Å². The Hall–Kier alpha value is -1.23. The molecule has 0 fully saturated rings. The smallest absolute Gasteiger partial charge is 0.211 e. The van der Waals surface area contributed by atoms with Crippen molar-refractivity contribution in [2.45, 2.75) is 19.8 Å². The standard InChI is InChI=1S/C12H14BrNO3/c1-12(2,8-15)11(7-14(16)17)9-3-5-10(13)6-4-9/h3-6,8,11H,7H2,1-2H3. The van der Waals surface area contributed by atoms with Crippen molar-refractivity contribution in [1.82, 2.24) is 0 Å². The van der Waals surface area contributed by atoms with Gasteiger partial charge in [0.1, 0.15) is 6.29 Å². The molecule has 0 N–H and O–H groups in total. The van der Waals surface area contributed by atoms with Gasteiger partial charge >= 0.3 is 0 Å². The van der Waals surface area contributed by atoms with Crippen LogP contribution in [0.5, 0.6) is 0 Å². The second kappa shape index (κ2) is 5.40. The number of benzene rings is 1. The molecule has 0 bridgehead atoms. The number of aldehydes is 1. The van der Waals surface area contributed by atoms with Crippen LogP contribution in [0.2, 0.25) is 0 Å². The number of carbonyl (C=O) groups excluding carboxylic acids is 1. The normalized spacial score (nSPS) is 13.1. The molecule has 0 aromatic heterocycles. The Balaban J connectivity index is 3.10. The number of rotatable bonds is 5. The van der Waals surface area contributed by atoms with Crippen LogP contribution in [0.1, 0.15) is 25.3 Å². The van der Waals surface area contributed by atoms with Gasteiger partial charge in [-0.15, -0.1) is 0 Å². The minimum absolute atomic E-state index is 0.243. The molecule has 4 nitrogen and oxygen atoms in total. The first-order valence-corrected chi connectivity index (χ1v) is 5.99. The number of hydrogen-bond donors (Lipinski definition) is 0. The number of halogens is 1. The van der Waals surface area contributed by atoms with Gasteiger partial charge in [0.05, 0.1) is 5.92 Å². The molecule has 1 unspecified atom stereocenters. The van der Waals surface area contributed by atoms with Crippen molar-refractivity contribution in [3.63, 3.8) is 0 Å². The maximum Gasteiger partial charge on any atom is 0.211 e. The van der Waals surface area contributed by atoms with Gasteiger partial charge in [0.2, 0.25) is 6.54 Å². The minimum Gasteiger partial charge on any atom is -0.303 e. The summed E-state index contributed by atoms with van der Waals surface area (Å²) in [5, 5.41) is 10.7. The summed E-state index contributed by atoms with van der Waals surface area (Å²) in [5.74, 6) is -0.414. The molecule has 0 heterocycles. The molecule has 0 saturated heterocycles. The molecule has 0 radical (unpaired) electrons. The molecule has 0 aliphatic heterocycles. The van der Waals surface area contributed by atoms with E-state index in [1.165, 1.54) is 0 Å². The summed E-state index contributed by atoms with van der Waals surface area (Å²) in [4.78, 5) is 21.4. The molecule has 0 saturated carbocycles. The third-order valence-electron chi connectivity index (χ3n) is 2.81. The van der Waals surface area contributed by atoms with Gasteiger partial charge in [-0.3, -0.25) is 10.1 Å². The zero-order valence-electron chi connectivity index (χ0n) is 9.72. The average Bonchev–Trinajstić information content (AvgIpc) is 2.27. The van der Waals surface area contributed by atoms with E-state index in [9.17, 15) is 14.9 Å². The third kappa shape index (κ3) is 3.63.